The summed E-state index contributed by atoms with van der Waals surface area (Å²) in [5.74, 6) is 0.286. The number of methoxy groups -OCH3 is 1. The van der Waals surface area contributed by atoms with Crippen LogP contribution in [0.3, 0.4) is 0 Å². The Balaban J connectivity index is 2.32. The van der Waals surface area contributed by atoms with Gasteiger partial charge >= 0.3 is 0 Å². The van der Waals surface area contributed by atoms with Crippen LogP contribution in [0.2, 0.25) is 0 Å². The van der Waals surface area contributed by atoms with Gasteiger partial charge in [-0.05, 0) is 32.2 Å². The molecule has 1 saturated carbocycles. The Bertz CT molecular complexity index is 266. The average Bonchev–Trinajstić information content (AvgIpc) is 2.75. The molecule has 0 radical (unpaired) electrons. The molecule has 2 unspecified atom stereocenters. The van der Waals surface area contributed by atoms with Crippen molar-refractivity contribution in [1.29, 1.82) is 0 Å². The van der Waals surface area contributed by atoms with E-state index in [0.29, 0.717) is 12.1 Å². The lowest BCUT2D eigenvalue weighted by atomic mass is 9.88. The van der Waals surface area contributed by atoms with Gasteiger partial charge in [-0.25, -0.2) is 0 Å². The van der Waals surface area contributed by atoms with Crippen LogP contribution in [0.1, 0.15) is 39.5 Å². The highest BCUT2D eigenvalue weighted by atomic mass is 16.5. The largest absolute Gasteiger partial charge is 0.409 e. The lowest BCUT2D eigenvalue weighted by molar-refractivity contribution is 0.0846. The van der Waals surface area contributed by atoms with E-state index in [-0.39, 0.29) is 11.3 Å². The molecule has 4 N–H and O–H groups in total. The van der Waals surface area contributed by atoms with Gasteiger partial charge in [-0.1, -0.05) is 19.0 Å². The Morgan fingerprint density at radius 3 is 2.82 bits per heavy atom. The Labute approximate surface area is 103 Å². The zero-order valence-electron chi connectivity index (χ0n) is 11.1. The third kappa shape index (κ3) is 3.85. The predicted octanol–water partition coefficient (Wildman–Crippen LogP) is 1.31. The van der Waals surface area contributed by atoms with Crippen LogP contribution >= 0.6 is 0 Å². The van der Waals surface area contributed by atoms with Gasteiger partial charge in [-0.15, -0.1) is 0 Å². The summed E-state index contributed by atoms with van der Waals surface area (Å²) in [5.41, 5.74) is 5.37. The maximum absolute atomic E-state index is 8.68. The van der Waals surface area contributed by atoms with Crippen LogP contribution in [0.15, 0.2) is 5.16 Å². The molecule has 17 heavy (non-hydrogen) atoms. The number of ether oxygens (including phenoxy) is 1. The van der Waals surface area contributed by atoms with Crippen molar-refractivity contribution in [2.24, 2.45) is 16.3 Å². The molecular weight excluding hydrogens is 218 g/mol. The molecule has 5 nitrogen and oxygen atoms in total. The highest BCUT2D eigenvalue weighted by Crippen LogP contribution is 2.23. The van der Waals surface area contributed by atoms with E-state index in [1.807, 2.05) is 13.8 Å². The minimum atomic E-state index is -0.275. The van der Waals surface area contributed by atoms with Crippen LogP contribution in [0.4, 0.5) is 0 Å². The number of nitrogens with two attached hydrogens (primary N) is 1. The van der Waals surface area contributed by atoms with Crippen LogP contribution < -0.4 is 11.1 Å². The molecule has 1 rings (SSSR count). The smallest absolute Gasteiger partial charge is 0.144 e. The Morgan fingerprint density at radius 2 is 2.24 bits per heavy atom. The van der Waals surface area contributed by atoms with Crippen LogP contribution in [0.5, 0.6) is 0 Å². The lowest BCUT2D eigenvalue weighted by Gasteiger charge is -2.25. The van der Waals surface area contributed by atoms with E-state index in [9.17, 15) is 0 Å². The molecule has 0 aromatic heterocycles. The van der Waals surface area contributed by atoms with Gasteiger partial charge in [-0.2, -0.15) is 0 Å². The average molecular weight is 243 g/mol. The molecule has 0 spiro atoms. The van der Waals surface area contributed by atoms with Gasteiger partial charge in [0.1, 0.15) is 5.84 Å². The number of oxime groups is 1. The van der Waals surface area contributed by atoms with Gasteiger partial charge in [0.25, 0.3) is 0 Å². The van der Waals surface area contributed by atoms with Crippen molar-refractivity contribution in [2.45, 2.75) is 51.7 Å². The van der Waals surface area contributed by atoms with E-state index >= 15 is 0 Å². The number of nitrogens with one attached hydrogen (secondary N) is 1. The molecular formula is C12H25N3O2. The van der Waals surface area contributed by atoms with Gasteiger partial charge in [0.05, 0.1) is 6.10 Å². The fourth-order valence-electron chi connectivity index (χ4n) is 2.28. The summed E-state index contributed by atoms with van der Waals surface area (Å²) in [6.07, 6.45) is 4.71. The van der Waals surface area contributed by atoms with Gasteiger partial charge < -0.3 is 21.0 Å². The van der Waals surface area contributed by atoms with E-state index < -0.39 is 0 Å². The van der Waals surface area contributed by atoms with Crippen molar-refractivity contribution in [3.8, 4) is 0 Å². The second kappa shape index (κ2) is 6.21. The zero-order chi connectivity index (χ0) is 12.9. The van der Waals surface area contributed by atoms with Gasteiger partial charge in [0.2, 0.25) is 0 Å². The Hall–Kier alpha value is -0.810. The summed E-state index contributed by atoms with van der Waals surface area (Å²) in [5, 5.41) is 15.3. The third-order valence-electron chi connectivity index (χ3n) is 3.71. The van der Waals surface area contributed by atoms with Crippen molar-refractivity contribution in [1.82, 2.24) is 5.32 Å². The van der Waals surface area contributed by atoms with Crippen LogP contribution in [0.25, 0.3) is 0 Å². The second-order valence-electron chi connectivity index (χ2n) is 5.38. The monoisotopic (exact) mass is 243 g/mol. The van der Waals surface area contributed by atoms with Crippen molar-refractivity contribution >= 4 is 5.84 Å². The van der Waals surface area contributed by atoms with E-state index in [0.717, 1.165) is 19.4 Å². The lowest BCUT2D eigenvalue weighted by Crippen LogP contribution is -2.40. The molecule has 1 aliphatic carbocycles. The van der Waals surface area contributed by atoms with Crippen LogP contribution in [0, 0.1) is 5.41 Å². The van der Waals surface area contributed by atoms with Crippen LogP contribution in [-0.2, 0) is 4.74 Å². The fourth-order valence-corrected chi connectivity index (χ4v) is 2.28. The van der Waals surface area contributed by atoms with E-state index in [2.05, 4.69) is 10.5 Å². The normalized spacial score (nSPS) is 26.4. The summed E-state index contributed by atoms with van der Waals surface area (Å²) in [7, 11) is 1.77. The van der Waals surface area contributed by atoms with Crippen molar-refractivity contribution in [2.75, 3.05) is 13.7 Å². The minimum Gasteiger partial charge on any atom is -0.409 e. The first-order valence-corrected chi connectivity index (χ1v) is 6.25. The van der Waals surface area contributed by atoms with E-state index in [1.165, 1.54) is 12.8 Å². The molecule has 0 aromatic rings. The summed E-state index contributed by atoms with van der Waals surface area (Å²) in [6, 6.07) is 0.447. The first-order valence-electron chi connectivity index (χ1n) is 6.25. The molecule has 0 saturated heterocycles. The predicted molar refractivity (Wildman–Crippen MR) is 68.2 cm³/mol. The van der Waals surface area contributed by atoms with E-state index in [1.54, 1.807) is 7.11 Å². The molecule has 1 fully saturated rings. The summed E-state index contributed by atoms with van der Waals surface area (Å²) in [4.78, 5) is 0. The second-order valence-corrected chi connectivity index (χ2v) is 5.38. The SMILES string of the molecule is COC1CCCC1NCCC(C)(C)C(N)=NO. The molecule has 0 aliphatic heterocycles. The summed E-state index contributed by atoms with van der Waals surface area (Å²) in [6.45, 7) is 4.81. The first-order chi connectivity index (χ1) is 8.01. The third-order valence-corrected chi connectivity index (χ3v) is 3.71. The van der Waals surface area contributed by atoms with Gasteiger partial charge in [0.15, 0.2) is 0 Å². The number of amidine groups is 1. The number of hydrogen-bond donors (Lipinski definition) is 3. The standard InChI is InChI=1S/C12H25N3O2/c1-12(2,11(13)15-16)7-8-14-9-5-4-6-10(9)17-3/h9-10,14,16H,4-8H2,1-3H3,(H2,13,15). The maximum Gasteiger partial charge on any atom is 0.144 e. The Kier molecular flexibility index (Phi) is 5.21. The first kappa shape index (κ1) is 14.3. The fraction of sp³-hybridized carbons (Fsp3) is 0.917. The molecule has 0 amide bonds. The number of hydrogen-bond acceptors (Lipinski definition) is 4. The maximum atomic E-state index is 8.68. The molecule has 100 valence electrons. The van der Waals surface area contributed by atoms with Crippen LogP contribution in [-0.4, -0.2) is 36.8 Å². The van der Waals surface area contributed by atoms with Gasteiger partial charge in [0, 0.05) is 18.6 Å². The molecule has 1 aliphatic rings. The molecule has 2 atom stereocenters. The van der Waals surface area contributed by atoms with E-state index in [4.69, 9.17) is 15.7 Å². The Morgan fingerprint density at radius 1 is 1.53 bits per heavy atom. The number of rotatable bonds is 6. The van der Waals surface area contributed by atoms with Gasteiger partial charge in [-0.3, -0.25) is 0 Å². The summed E-state index contributed by atoms with van der Waals surface area (Å²) >= 11 is 0. The molecule has 0 heterocycles. The topological polar surface area (TPSA) is 79.9 Å². The van der Waals surface area contributed by atoms with Crippen molar-refractivity contribution in [3.63, 3.8) is 0 Å². The minimum absolute atomic E-state index is 0.275. The zero-order valence-corrected chi connectivity index (χ0v) is 11.1. The molecule has 5 heteroatoms. The molecule has 0 aromatic carbocycles. The number of nitrogens with zero attached hydrogens (tertiary/aromatic N) is 1. The highest BCUT2D eigenvalue weighted by Gasteiger charge is 2.28. The quantitative estimate of drug-likeness (QED) is 0.284. The summed E-state index contributed by atoms with van der Waals surface area (Å²) < 4.78 is 5.42. The van der Waals surface area contributed by atoms with Crippen molar-refractivity contribution in [3.05, 3.63) is 0 Å². The highest BCUT2D eigenvalue weighted by molar-refractivity contribution is 5.85. The van der Waals surface area contributed by atoms with Crippen molar-refractivity contribution < 1.29 is 9.94 Å². The molecule has 0 bridgehead atoms.